The molecule has 90 valence electrons. The summed E-state index contributed by atoms with van der Waals surface area (Å²) in [7, 11) is 0. The molecule has 1 N–H and O–H groups in total. The molecule has 0 bridgehead atoms. The number of hydrogen-bond acceptors (Lipinski definition) is 2. The Morgan fingerprint density at radius 1 is 1.29 bits per heavy atom. The molecule has 0 saturated heterocycles. The molecule has 0 aliphatic heterocycles. The third-order valence-electron chi connectivity index (χ3n) is 2.58. The van der Waals surface area contributed by atoms with Gasteiger partial charge in [0.2, 0.25) is 0 Å². The summed E-state index contributed by atoms with van der Waals surface area (Å²) in [6, 6.07) is 9.82. The van der Waals surface area contributed by atoms with E-state index in [-0.39, 0.29) is 6.04 Å². The van der Waals surface area contributed by atoms with Crippen molar-refractivity contribution in [1.29, 1.82) is 0 Å². The normalized spacial score (nSPS) is 12.6. The first kappa shape index (κ1) is 12.7. The average Bonchev–Trinajstić information content (AvgIpc) is 2.74. The largest absolute Gasteiger partial charge is 0.457 e. The van der Waals surface area contributed by atoms with Crippen LogP contribution in [-0.2, 0) is 0 Å². The molecular weight excluding hydrogens is 302 g/mol. The van der Waals surface area contributed by atoms with Crippen LogP contribution in [-0.4, -0.2) is 6.54 Å². The number of furan rings is 1. The second kappa shape index (κ2) is 5.71. The van der Waals surface area contributed by atoms with Crippen molar-refractivity contribution in [2.75, 3.05) is 6.54 Å². The molecular formula is C13H13BrClNO. The molecule has 0 fully saturated rings. The van der Waals surface area contributed by atoms with Crippen molar-refractivity contribution < 1.29 is 4.42 Å². The van der Waals surface area contributed by atoms with Crippen LogP contribution in [0.3, 0.4) is 0 Å². The molecule has 2 nitrogen and oxygen atoms in total. The van der Waals surface area contributed by atoms with Gasteiger partial charge in [0.05, 0.1) is 12.3 Å². The minimum Gasteiger partial charge on any atom is -0.457 e. The minimum absolute atomic E-state index is 0.0434. The molecule has 2 aromatic rings. The molecule has 0 amide bonds. The summed E-state index contributed by atoms with van der Waals surface area (Å²) in [4.78, 5) is 0. The summed E-state index contributed by atoms with van der Waals surface area (Å²) in [5, 5.41) is 4.16. The van der Waals surface area contributed by atoms with Crippen LogP contribution >= 0.6 is 27.5 Å². The van der Waals surface area contributed by atoms with E-state index in [1.165, 1.54) is 0 Å². The van der Waals surface area contributed by atoms with Gasteiger partial charge in [0, 0.05) is 10.6 Å². The van der Waals surface area contributed by atoms with Crippen LogP contribution in [0.15, 0.2) is 45.7 Å². The molecule has 0 aliphatic carbocycles. The fourth-order valence-electron chi connectivity index (χ4n) is 1.81. The smallest absolute Gasteiger partial charge is 0.174 e. The highest BCUT2D eigenvalue weighted by Crippen LogP contribution is 2.32. The summed E-state index contributed by atoms with van der Waals surface area (Å²) in [5.41, 5.74) is 2.11. The standard InChI is InChI=1S/C13H13BrClNO/c1-2-16-12(10-7-8-17-13(10)14)9-5-3-4-6-11(9)15/h3-8,12,16H,2H2,1H3. The lowest BCUT2D eigenvalue weighted by atomic mass is 10.0. The van der Waals surface area contributed by atoms with E-state index in [4.69, 9.17) is 16.0 Å². The number of hydrogen-bond donors (Lipinski definition) is 1. The zero-order chi connectivity index (χ0) is 12.3. The fourth-order valence-corrected chi connectivity index (χ4v) is 2.52. The molecule has 0 radical (unpaired) electrons. The molecule has 0 aliphatic rings. The Morgan fingerprint density at radius 2 is 2.06 bits per heavy atom. The first-order chi connectivity index (χ1) is 8.24. The first-order valence-electron chi connectivity index (χ1n) is 5.44. The Bertz CT molecular complexity index is 498. The molecule has 1 heterocycles. The second-order valence-corrected chi connectivity index (χ2v) is 4.79. The van der Waals surface area contributed by atoms with Crippen molar-refractivity contribution in [2.45, 2.75) is 13.0 Å². The van der Waals surface area contributed by atoms with Gasteiger partial charge in [-0.3, -0.25) is 0 Å². The van der Waals surface area contributed by atoms with Gasteiger partial charge in [-0.05, 0) is 40.2 Å². The number of halogens is 2. The van der Waals surface area contributed by atoms with Crippen LogP contribution < -0.4 is 5.32 Å². The molecule has 0 saturated carbocycles. The van der Waals surface area contributed by atoms with E-state index in [0.29, 0.717) is 0 Å². The number of benzene rings is 1. The van der Waals surface area contributed by atoms with E-state index in [1.807, 2.05) is 30.3 Å². The molecule has 1 unspecified atom stereocenters. The SMILES string of the molecule is CCNC(c1ccccc1Cl)c1ccoc1Br. The maximum absolute atomic E-state index is 6.24. The summed E-state index contributed by atoms with van der Waals surface area (Å²) >= 11 is 9.65. The summed E-state index contributed by atoms with van der Waals surface area (Å²) in [6.07, 6.45) is 1.67. The van der Waals surface area contributed by atoms with Crippen molar-refractivity contribution >= 4 is 27.5 Å². The maximum atomic E-state index is 6.24. The molecule has 4 heteroatoms. The van der Waals surface area contributed by atoms with Gasteiger partial charge in [-0.25, -0.2) is 0 Å². The second-order valence-electron chi connectivity index (χ2n) is 3.66. The minimum atomic E-state index is 0.0434. The van der Waals surface area contributed by atoms with E-state index in [1.54, 1.807) is 6.26 Å². The zero-order valence-electron chi connectivity index (χ0n) is 9.41. The van der Waals surface area contributed by atoms with Gasteiger partial charge in [0.1, 0.15) is 0 Å². The third kappa shape index (κ3) is 2.73. The fraction of sp³-hybridized carbons (Fsp3) is 0.231. The Hall–Kier alpha value is -0.770. The summed E-state index contributed by atoms with van der Waals surface area (Å²) in [6.45, 7) is 2.92. The van der Waals surface area contributed by atoms with Crippen LogP contribution in [0.5, 0.6) is 0 Å². The zero-order valence-corrected chi connectivity index (χ0v) is 11.8. The summed E-state index contributed by atoms with van der Waals surface area (Å²) in [5.74, 6) is 0. The van der Waals surface area contributed by atoms with E-state index >= 15 is 0 Å². The highest BCUT2D eigenvalue weighted by Gasteiger charge is 2.19. The molecule has 2 rings (SSSR count). The van der Waals surface area contributed by atoms with Crippen LogP contribution in [0.4, 0.5) is 0 Å². The van der Waals surface area contributed by atoms with Crippen LogP contribution in [0.2, 0.25) is 5.02 Å². The topological polar surface area (TPSA) is 25.2 Å². The van der Waals surface area contributed by atoms with E-state index in [0.717, 1.165) is 27.4 Å². The van der Waals surface area contributed by atoms with Crippen molar-refractivity contribution in [1.82, 2.24) is 5.32 Å². The lowest BCUT2D eigenvalue weighted by Gasteiger charge is -2.18. The van der Waals surface area contributed by atoms with Gasteiger partial charge in [0.25, 0.3) is 0 Å². The highest BCUT2D eigenvalue weighted by atomic mass is 79.9. The molecule has 0 spiro atoms. The lowest BCUT2D eigenvalue weighted by molar-refractivity contribution is 0.526. The van der Waals surface area contributed by atoms with Crippen LogP contribution in [0.1, 0.15) is 24.1 Å². The Morgan fingerprint density at radius 3 is 2.65 bits per heavy atom. The highest BCUT2D eigenvalue weighted by molar-refractivity contribution is 9.10. The van der Waals surface area contributed by atoms with Crippen molar-refractivity contribution in [3.8, 4) is 0 Å². The van der Waals surface area contributed by atoms with Crippen molar-refractivity contribution in [3.63, 3.8) is 0 Å². The number of nitrogens with one attached hydrogen (secondary N) is 1. The van der Waals surface area contributed by atoms with Crippen molar-refractivity contribution in [2.24, 2.45) is 0 Å². The van der Waals surface area contributed by atoms with Gasteiger partial charge in [-0.15, -0.1) is 0 Å². The Balaban J connectivity index is 2.43. The van der Waals surface area contributed by atoms with E-state index in [2.05, 4.69) is 28.2 Å². The van der Waals surface area contributed by atoms with Crippen molar-refractivity contribution in [3.05, 3.63) is 57.4 Å². The Kier molecular flexibility index (Phi) is 4.26. The third-order valence-corrected chi connectivity index (χ3v) is 3.57. The maximum Gasteiger partial charge on any atom is 0.174 e. The quantitative estimate of drug-likeness (QED) is 0.905. The van der Waals surface area contributed by atoms with Gasteiger partial charge in [-0.1, -0.05) is 36.7 Å². The lowest BCUT2D eigenvalue weighted by Crippen LogP contribution is -2.22. The van der Waals surface area contributed by atoms with Crippen LogP contribution in [0.25, 0.3) is 0 Å². The summed E-state index contributed by atoms with van der Waals surface area (Å²) < 4.78 is 6.03. The molecule has 1 aromatic heterocycles. The van der Waals surface area contributed by atoms with Gasteiger partial charge in [0.15, 0.2) is 4.67 Å². The molecule has 17 heavy (non-hydrogen) atoms. The van der Waals surface area contributed by atoms with E-state index in [9.17, 15) is 0 Å². The average molecular weight is 315 g/mol. The Labute approximate surface area is 114 Å². The predicted molar refractivity (Wildman–Crippen MR) is 73.4 cm³/mol. The predicted octanol–water partition coefficient (Wildman–Crippen LogP) is 4.39. The van der Waals surface area contributed by atoms with E-state index < -0.39 is 0 Å². The first-order valence-corrected chi connectivity index (χ1v) is 6.61. The van der Waals surface area contributed by atoms with Crippen LogP contribution in [0, 0.1) is 0 Å². The molecule has 1 aromatic carbocycles. The van der Waals surface area contributed by atoms with Gasteiger partial charge in [-0.2, -0.15) is 0 Å². The monoisotopic (exact) mass is 313 g/mol. The van der Waals surface area contributed by atoms with Gasteiger partial charge >= 0.3 is 0 Å². The molecule has 1 atom stereocenters. The van der Waals surface area contributed by atoms with Gasteiger partial charge < -0.3 is 9.73 Å². The number of rotatable bonds is 4.